The Hall–Kier alpha value is -1.66. The van der Waals surface area contributed by atoms with E-state index in [0.717, 1.165) is 21.5 Å². The summed E-state index contributed by atoms with van der Waals surface area (Å²) in [6.45, 7) is 3.93. The molecule has 2 heterocycles. The molecule has 0 aliphatic rings. The van der Waals surface area contributed by atoms with Crippen LogP contribution in [-0.2, 0) is 0 Å². The Kier molecular flexibility index (Phi) is 3.49. The Morgan fingerprint density at radius 2 is 2.28 bits per heavy atom. The number of anilines is 1. The minimum Gasteiger partial charge on any atom is -0.397 e. The van der Waals surface area contributed by atoms with Crippen LogP contribution in [0.25, 0.3) is 10.1 Å². The molecule has 0 bridgehead atoms. The topological polar surface area (TPSA) is 88.2 Å². The van der Waals surface area contributed by atoms with E-state index >= 15 is 0 Å². The zero-order chi connectivity index (χ0) is 13.3. The maximum absolute atomic E-state index is 11.9. The number of carbonyl (C=O) groups is 1. The monoisotopic (exact) mass is 265 g/mol. The van der Waals surface area contributed by atoms with Crippen LogP contribution in [0.15, 0.2) is 6.07 Å². The van der Waals surface area contributed by atoms with E-state index in [-0.39, 0.29) is 19.1 Å². The molecule has 0 unspecified atom stereocenters. The number of aliphatic hydroxyl groups excluding tert-OH is 1. The molecule has 1 amide bonds. The quantitative estimate of drug-likeness (QED) is 0.778. The van der Waals surface area contributed by atoms with Crippen molar-refractivity contribution in [2.45, 2.75) is 13.8 Å². The average Bonchev–Trinajstić information content (AvgIpc) is 2.63. The lowest BCUT2D eigenvalue weighted by Gasteiger charge is -2.02. The third-order valence-electron chi connectivity index (χ3n) is 2.62. The fourth-order valence-corrected chi connectivity index (χ4v) is 3.08. The number of amides is 1. The van der Waals surface area contributed by atoms with Crippen molar-refractivity contribution in [2.75, 3.05) is 18.9 Å². The van der Waals surface area contributed by atoms with Crippen molar-refractivity contribution in [1.29, 1.82) is 0 Å². The smallest absolute Gasteiger partial charge is 0.263 e. The maximum atomic E-state index is 11.9. The summed E-state index contributed by atoms with van der Waals surface area (Å²) >= 11 is 1.35. The Morgan fingerprint density at radius 3 is 2.94 bits per heavy atom. The summed E-state index contributed by atoms with van der Waals surface area (Å²) in [6.07, 6.45) is 0. The van der Waals surface area contributed by atoms with E-state index in [1.54, 1.807) is 0 Å². The fraction of sp³-hybridized carbons (Fsp3) is 0.333. The molecule has 0 atom stereocenters. The summed E-state index contributed by atoms with van der Waals surface area (Å²) in [5.74, 6) is -0.250. The van der Waals surface area contributed by atoms with Crippen molar-refractivity contribution in [3.8, 4) is 0 Å². The minimum absolute atomic E-state index is 0.0871. The summed E-state index contributed by atoms with van der Waals surface area (Å²) in [6, 6.07) is 1.92. The molecule has 96 valence electrons. The van der Waals surface area contributed by atoms with Crippen LogP contribution in [-0.4, -0.2) is 29.1 Å². The highest BCUT2D eigenvalue weighted by Gasteiger charge is 2.18. The van der Waals surface area contributed by atoms with Crippen LogP contribution in [0.2, 0.25) is 0 Å². The van der Waals surface area contributed by atoms with Gasteiger partial charge in [0.2, 0.25) is 0 Å². The lowest BCUT2D eigenvalue weighted by molar-refractivity contribution is 0.0949. The van der Waals surface area contributed by atoms with Crippen molar-refractivity contribution < 1.29 is 9.90 Å². The molecule has 4 N–H and O–H groups in total. The standard InChI is InChI=1S/C12H15N3O2S/c1-6-5-8-9(7(2)15-6)10(13)11(18-8)12(17)14-3-4-16/h5,16H,3-4,13H2,1-2H3,(H,14,17). The number of aryl methyl sites for hydroxylation is 2. The van der Waals surface area contributed by atoms with Crippen LogP contribution in [0.4, 0.5) is 5.69 Å². The number of rotatable bonds is 3. The molecule has 0 radical (unpaired) electrons. The van der Waals surface area contributed by atoms with E-state index in [1.165, 1.54) is 11.3 Å². The van der Waals surface area contributed by atoms with Crippen LogP contribution in [0.5, 0.6) is 0 Å². The van der Waals surface area contributed by atoms with Crippen LogP contribution in [0.3, 0.4) is 0 Å². The third kappa shape index (κ3) is 2.16. The Balaban J connectivity index is 2.50. The molecule has 0 spiro atoms. The predicted molar refractivity (Wildman–Crippen MR) is 72.9 cm³/mol. The molecule has 0 aliphatic heterocycles. The number of thiophene rings is 1. The van der Waals surface area contributed by atoms with Gasteiger partial charge in [0, 0.05) is 28.0 Å². The van der Waals surface area contributed by atoms with Gasteiger partial charge in [-0.05, 0) is 19.9 Å². The second-order valence-corrected chi connectivity index (χ2v) is 5.10. The maximum Gasteiger partial charge on any atom is 0.263 e. The Bertz CT molecular complexity index is 607. The van der Waals surface area contributed by atoms with E-state index in [1.807, 2.05) is 19.9 Å². The molecular weight excluding hydrogens is 250 g/mol. The largest absolute Gasteiger partial charge is 0.397 e. The second kappa shape index (κ2) is 4.91. The van der Waals surface area contributed by atoms with Gasteiger partial charge in [-0.15, -0.1) is 11.3 Å². The average molecular weight is 265 g/mol. The van der Waals surface area contributed by atoms with Crippen molar-refractivity contribution in [3.63, 3.8) is 0 Å². The highest BCUT2D eigenvalue weighted by molar-refractivity contribution is 7.21. The number of nitrogen functional groups attached to an aromatic ring is 1. The number of nitrogens with zero attached hydrogens (tertiary/aromatic N) is 1. The van der Waals surface area contributed by atoms with Gasteiger partial charge in [0.25, 0.3) is 5.91 Å². The van der Waals surface area contributed by atoms with Gasteiger partial charge in [0.15, 0.2) is 0 Å². The third-order valence-corrected chi connectivity index (χ3v) is 3.77. The van der Waals surface area contributed by atoms with Gasteiger partial charge in [-0.3, -0.25) is 9.78 Å². The normalized spacial score (nSPS) is 10.8. The van der Waals surface area contributed by atoms with E-state index in [0.29, 0.717) is 10.6 Å². The van der Waals surface area contributed by atoms with E-state index in [2.05, 4.69) is 10.3 Å². The first kappa shape index (κ1) is 12.8. The highest BCUT2D eigenvalue weighted by atomic mass is 32.1. The van der Waals surface area contributed by atoms with Crippen LogP contribution >= 0.6 is 11.3 Å². The molecule has 2 aromatic rings. The minimum atomic E-state index is -0.250. The van der Waals surface area contributed by atoms with Crippen LogP contribution in [0.1, 0.15) is 21.1 Å². The molecule has 0 saturated carbocycles. The highest BCUT2D eigenvalue weighted by Crippen LogP contribution is 2.35. The lowest BCUT2D eigenvalue weighted by atomic mass is 10.2. The Labute approximate surface area is 109 Å². The van der Waals surface area contributed by atoms with Crippen LogP contribution in [0, 0.1) is 13.8 Å². The number of aliphatic hydroxyl groups is 1. The number of hydrogen-bond acceptors (Lipinski definition) is 5. The molecule has 5 nitrogen and oxygen atoms in total. The number of fused-ring (bicyclic) bond motifs is 1. The molecule has 0 fully saturated rings. The fourth-order valence-electron chi connectivity index (χ4n) is 1.90. The number of nitrogens with two attached hydrogens (primary N) is 1. The predicted octanol–water partition coefficient (Wildman–Crippen LogP) is 1.22. The number of pyridine rings is 1. The summed E-state index contributed by atoms with van der Waals surface area (Å²) in [5.41, 5.74) is 8.22. The van der Waals surface area contributed by atoms with Gasteiger partial charge in [0.05, 0.1) is 12.3 Å². The van der Waals surface area contributed by atoms with Crippen molar-refractivity contribution >= 4 is 33.0 Å². The molecule has 0 aliphatic carbocycles. The molecule has 2 rings (SSSR count). The molecule has 6 heteroatoms. The van der Waals surface area contributed by atoms with Gasteiger partial charge in [-0.2, -0.15) is 0 Å². The van der Waals surface area contributed by atoms with Gasteiger partial charge in [0.1, 0.15) is 4.88 Å². The second-order valence-electron chi connectivity index (χ2n) is 4.05. The van der Waals surface area contributed by atoms with E-state index in [4.69, 9.17) is 10.8 Å². The summed E-state index contributed by atoms with van der Waals surface area (Å²) in [5, 5.41) is 12.2. The van der Waals surface area contributed by atoms with Crippen molar-refractivity contribution in [2.24, 2.45) is 0 Å². The zero-order valence-corrected chi connectivity index (χ0v) is 11.1. The number of nitrogens with one attached hydrogen (secondary N) is 1. The molecule has 18 heavy (non-hydrogen) atoms. The first-order valence-corrected chi connectivity index (χ1v) is 6.41. The molecule has 0 saturated heterocycles. The van der Waals surface area contributed by atoms with E-state index in [9.17, 15) is 4.79 Å². The zero-order valence-electron chi connectivity index (χ0n) is 10.3. The Morgan fingerprint density at radius 1 is 1.56 bits per heavy atom. The van der Waals surface area contributed by atoms with Gasteiger partial charge in [-0.25, -0.2) is 0 Å². The first-order chi connectivity index (χ1) is 8.54. The molecular formula is C12H15N3O2S. The lowest BCUT2D eigenvalue weighted by Crippen LogP contribution is -2.26. The van der Waals surface area contributed by atoms with E-state index < -0.39 is 0 Å². The molecule has 0 aromatic carbocycles. The SMILES string of the molecule is Cc1cc2sc(C(=O)NCCO)c(N)c2c(C)n1. The van der Waals surface area contributed by atoms with Crippen molar-refractivity contribution in [3.05, 3.63) is 22.3 Å². The number of aromatic nitrogens is 1. The van der Waals surface area contributed by atoms with Crippen molar-refractivity contribution in [1.82, 2.24) is 10.3 Å². The van der Waals surface area contributed by atoms with Crippen LogP contribution < -0.4 is 11.1 Å². The number of carbonyl (C=O) groups excluding carboxylic acids is 1. The van der Waals surface area contributed by atoms with Gasteiger partial charge < -0.3 is 16.2 Å². The summed E-state index contributed by atoms with van der Waals surface area (Å²) in [7, 11) is 0. The van der Waals surface area contributed by atoms with Gasteiger partial charge in [-0.1, -0.05) is 0 Å². The first-order valence-electron chi connectivity index (χ1n) is 5.60. The number of hydrogen-bond donors (Lipinski definition) is 3. The molecule has 2 aromatic heterocycles. The van der Waals surface area contributed by atoms with Gasteiger partial charge >= 0.3 is 0 Å². The summed E-state index contributed by atoms with van der Waals surface area (Å²) < 4.78 is 0.964. The summed E-state index contributed by atoms with van der Waals surface area (Å²) in [4.78, 5) is 16.7.